The van der Waals surface area contributed by atoms with E-state index < -0.39 is 0 Å². The molecule has 2 N–H and O–H groups in total. The second kappa shape index (κ2) is 4.90. The van der Waals surface area contributed by atoms with Crippen LogP contribution in [0.1, 0.15) is 17.1 Å². The maximum absolute atomic E-state index is 8.89. The van der Waals surface area contributed by atoms with E-state index in [9.17, 15) is 0 Å². The Balaban J connectivity index is 1.83. The summed E-state index contributed by atoms with van der Waals surface area (Å²) in [4.78, 5) is 7.08. The van der Waals surface area contributed by atoms with Crippen LogP contribution in [0.2, 0.25) is 0 Å². The van der Waals surface area contributed by atoms with Crippen molar-refractivity contribution in [2.24, 2.45) is 5.10 Å². The lowest BCUT2D eigenvalue weighted by atomic mass is 10.2. The summed E-state index contributed by atoms with van der Waals surface area (Å²) in [6.07, 6.45) is 3.53. The molecule has 6 nitrogen and oxygen atoms in total. The van der Waals surface area contributed by atoms with Crippen molar-refractivity contribution in [1.29, 1.82) is 5.26 Å². The van der Waals surface area contributed by atoms with Gasteiger partial charge in [-0.3, -0.25) is 0 Å². The Kier molecular flexibility index (Phi) is 2.94. The Labute approximate surface area is 114 Å². The fourth-order valence-corrected chi connectivity index (χ4v) is 1.94. The summed E-state index contributed by atoms with van der Waals surface area (Å²) in [6.45, 7) is 1.68. The smallest absolute Gasteiger partial charge is 0.252 e. The maximum Gasteiger partial charge on any atom is 0.252 e. The van der Waals surface area contributed by atoms with Gasteiger partial charge in [0.1, 0.15) is 6.07 Å². The van der Waals surface area contributed by atoms with Crippen LogP contribution < -0.4 is 5.43 Å². The summed E-state index contributed by atoms with van der Waals surface area (Å²) in [5.74, 6) is 0.674. The van der Waals surface area contributed by atoms with Gasteiger partial charge in [0, 0.05) is 29.6 Å². The van der Waals surface area contributed by atoms with E-state index in [4.69, 9.17) is 9.68 Å². The minimum absolute atomic E-state index is 0.193. The van der Waals surface area contributed by atoms with Crippen LogP contribution in [0.5, 0.6) is 0 Å². The number of rotatable bonds is 3. The largest absolute Gasteiger partial charge is 0.422 e. The number of para-hydroxylation sites is 1. The van der Waals surface area contributed by atoms with Crippen LogP contribution >= 0.6 is 0 Å². The molecule has 0 saturated heterocycles. The molecule has 2 aromatic heterocycles. The van der Waals surface area contributed by atoms with Crippen molar-refractivity contribution >= 4 is 23.0 Å². The van der Waals surface area contributed by atoms with Crippen LogP contribution in [-0.2, 0) is 0 Å². The number of benzene rings is 1. The van der Waals surface area contributed by atoms with Crippen molar-refractivity contribution < 1.29 is 4.42 Å². The van der Waals surface area contributed by atoms with Crippen LogP contribution in [0.3, 0.4) is 0 Å². The summed E-state index contributed by atoms with van der Waals surface area (Å²) in [5.41, 5.74) is 4.88. The van der Waals surface area contributed by atoms with Crippen molar-refractivity contribution in [1.82, 2.24) is 9.97 Å². The Hall–Kier alpha value is -3.07. The molecule has 20 heavy (non-hydrogen) atoms. The minimum atomic E-state index is 0.193. The molecule has 2 heterocycles. The second-order valence-electron chi connectivity index (χ2n) is 4.18. The maximum atomic E-state index is 8.89. The van der Waals surface area contributed by atoms with Crippen LogP contribution in [0.15, 0.2) is 40.0 Å². The molecule has 0 aliphatic heterocycles. The van der Waals surface area contributed by atoms with Gasteiger partial charge in [0.15, 0.2) is 5.89 Å². The molecule has 1 aromatic carbocycles. The molecule has 0 bridgehead atoms. The molecule has 0 saturated carbocycles. The summed E-state index contributed by atoms with van der Waals surface area (Å²) >= 11 is 0. The second-order valence-corrected chi connectivity index (χ2v) is 4.18. The molecule has 0 amide bonds. The third kappa shape index (κ3) is 2.12. The molecule has 3 rings (SSSR count). The van der Waals surface area contributed by atoms with Gasteiger partial charge in [0.2, 0.25) is 5.69 Å². The van der Waals surface area contributed by atoms with Crippen LogP contribution in [0.4, 0.5) is 5.88 Å². The zero-order valence-corrected chi connectivity index (χ0v) is 10.7. The van der Waals surface area contributed by atoms with Gasteiger partial charge < -0.3 is 9.40 Å². The highest BCUT2D eigenvalue weighted by Crippen LogP contribution is 2.17. The lowest BCUT2D eigenvalue weighted by Crippen LogP contribution is -1.91. The highest BCUT2D eigenvalue weighted by molar-refractivity contribution is 5.99. The highest BCUT2D eigenvalue weighted by Gasteiger charge is 2.08. The predicted molar refractivity (Wildman–Crippen MR) is 75.5 cm³/mol. The number of fused-ring (bicyclic) bond motifs is 1. The number of oxazole rings is 1. The Morgan fingerprint density at radius 1 is 1.45 bits per heavy atom. The van der Waals surface area contributed by atoms with E-state index >= 15 is 0 Å². The van der Waals surface area contributed by atoms with Gasteiger partial charge in [-0.05, 0) is 6.07 Å². The van der Waals surface area contributed by atoms with Gasteiger partial charge in [0.05, 0.1) is 6.21 Å². The van der Waals surface area contributed by atoms with E-state index in [1.807, 2.05) is 36.5 Å². The fraction of sp³-hybridized carbons (Fsp3) is 0.0714. The van der Waals surface area contributed by atoms with Gasteiger partial charge in [-0.2, -0.15) is 10.4 Å². The standard InChI is InChI=1S/C14H11N5O/c1-9-18-13(6-15)14(20-9)19-17-8-10-7-16-12-5-3-2-4-11(10)12/h2-5,7-8,16,19H,1H3. The number of aryl methyl sites for hydroxylation is 1. The predicted octanol–water partition coefficient (Wildman–Crippen LogP) is 2.78. The van der Waals surface area contributed by atoms with Gasteiger partial charge in [0.25, 0.3) is 5.88 Å². The minimum Gasteiger partial charge on any atom is -0.422 e. The number of nitriles is 1. The van der Waals surface area contributed by atoms with E-state index in [-0.39, 0.29) is 11.6 Å². The molecule has 0 aliphatic rings. The topological polar surface area (TPSA) is 90.0 Å². The Morgan fingerprint density at radius 2 is 2.30 bits per heavy atom. The number of hydrogen-bond acceptors (Lipinski definition) is 5. The first-order valence-electron chi connectivity index (χ1n) is 6.00. The number of hydrogen-bond donors (Lipinski definition) is 2. The van der Waals surface area contributed by atoms with Crippen LogP contribution in [-0.4, -0.2) is 16.2 Å². The molecule has 0 radical (unpaired) electrons. The molecule has 0 atom stereocenters. The number of H-pyrrole nitrogens is 1. The normalized spacial score (nSPS) is 11.0. The molecule has 0 fully saturated rings. The van der Waals surface area contributed by atoms with E-state index in [1.54, 1.807) is 13.1 Å². The first-order chi connectivity index (χ1) is 9.78. The number of aromatic amines is 1. The van der Waals surface area contributed by atoms with E-state index in [0.29, 0.717) is 5.89 Å². The molecule has 0 spiro atoms. The summed E-state index contributed by atoms with van der Waals surface area (Å²) in [7, 11) is 0. The summed E-state index contributed by atoms with van der Waals surface area (Å²) in [5, 5.41) is 14.0. The first kappa shape index (κ1) is 12.0. The van der Waals surface area contributed by atoms with Crippen molar-refractivity contribution in [2.75, 3.05) is 5.43 Å². The zero-order valence-electron chi connectivity index (χ0n) is 10.7. The molecule has 3 aromatic rings. The zero-order chi connectivity index (χ0) is 13.9. The Morgan fingerprint density at radius 3 is 3.15 bits per heavy atom. The van der Waals surface area contributed by atoms with Crippen LogP contribution in [0.25, 0.3) is 10.9 Å². The van der Waals surface area contributed by atoms with Gasteiger partial charge in [-0.1, -0.05) is 18.2 Å². The van der Waals surface area contributed by atoms with Gasteiger partial charge in [-0.15, -0.1) is 0 Å². The summed E-state index contributed by atoms with van der Waals surface area (Å²) in [6, 6.07) is 9.88. The number of aromatic nitrogens is 2. The summed E-state index contributed by atoms with van der Waals surface area (Å²) < 4.78 is 5.25. The molecule has 98 valence electrons. The average molecular weight is 265 g/mol. The van der Waals surface area contributed by atoms with E-state index in [2.05, 4.69) is 20.5 Å². The highest BCUT2D eigenvalue weighted by atomic mass is 16.4. The number of anilines is 1. The molecular weight excluding hydrogens is 254 g/mol. The lowest BCUT2D eigenvalue weighted by molar-refractivity contribution is 0.533. The van der Waals surface area contributed by atoms with E-state index in [1.165, 1.54) is 0 Å². The van der Waals surface area contributed by atoms with Crippen molar-refractivity contribution in [2.45, 2.75) is 6.92 Å². The van der Waals surface area contributed by atoms with Gasteiger partial charge in [-0.25, -0.2) is 10.4 Å². The third-order valence-corrected chi connectivity index (χ3v) is 2.83. The third-order valence-electron chi connectivity index (χ3n) is 2.83. The molecule has 6 heteroatoms. The average Bonchev–Trinajstić information content (AvgIpc) is 3.03. The van der Waals surface area contributed by atoms with Gasteiger partial charge >= 0.3 is 0 Å². The molecular formula is C14H11N5O. The fourth-order valence-electron chi connectivity index (χ4n) is 1.94. The number of nitrogens with zero attached hydrogens (tertiary/aromatic N) is 3. The molecule has 0 unspecified atom stereocenters. The monoisotopic (exact) mass is 265 g/mol. The van der Waals surface area contributed by atoms with Crippen LogP contribution in [0, 0.1) is 18.3 Å². The van der Waals surface area contributed by atoms with E-state index in [0.717, 1.165) is 16.5 Å². The van der Waals surface area contributed by atoms with Crippen molar-refractivity contribution in [3.05, 3.63) is 47.6 Å². The quantitative estimate of drug-likeness (QED) is 0.562. The number of nitrogens with one attached hydrogen (secondary N) is 2. The SMILES string of the molecule is Cc1nc(C#N)c(NN=Cc2c[nH]c3ccccc23)o1. The molecule has 0 aliphatic carbocycles. The first-order valence-corrected chi connectivity index (χ1v) is 6.00. The van der Waals surface area contributed by atoms with Crippen molar-refractivity contribution in [3.8, 4) is 6.07 Å². The van der Waals surface area contributed by atoms with Crippen molar-refractivity contribution in [3.63, 3.8) is 0 Å². The Bertz CT molecular complexity index is 822. The lowest BCUT2D eigenvalue weighted by Gasteiger charge is -1.94. The number of hydrazone groups is 1.